The zero-order chi connectivity index (χ0) is 13.0. The highest BCUT2D eigenvalue weighted by Gasteiger charge is 2.14. The van der Waals surface area contributed by atoms with Crippen LogP contribution in [0.2, 0.25) is 0 Å². The summed E-state index contributed by atoms with van der Waals surface area (Å²) in [5.41, 5.74) is 8.06. The highest BCUT2D eigenvalue weighted by molar-refractivity contribution is 7.80. The fourth-order valence-electron chi connectivity index (χ4n) is 1.70. The molecular weight excluding hydrogens is 238 g/mol. The quantitative estimate of drug-likeness (QED) is 0.489. The van der Waals surface area contributed by atoms with Gasteiger partial charge in [0.2, 0.25) is 0 Å². The van der Waals surface area contributed by atoms with Crippen LogP contribution in [-0.2, 0) is 12.8 Å². The molecule has 0 bridgehead atoms. The van der Waals surface area contributed by atoms with Crippen molar-refractivity contribution in [2.75, 3.05) is 5.32 Å². The Hall–Kier alpha value is -1.69. The number of nitrogens with one attached hydrogen (secondary N) is 1. The number of thiocarbonyl (C=S) groups is 1. The van der Waals surface area contributed by atoms with Crippen LogP contribution in [-0.4, -0.2) is 10.0 Å². The predicted octanol–water partition coefficient (Wildman–Crippen LogP) is 2.38. The van der Waals surface area contributed by atoms with Crippen molar-refractivity contribution in [3.63, 3.8) is 0 Å². The van der Waals surface area contributed by atoms with Crippen molar-refractivity contribution in [1.29, 1.82) is 0 Å². The normalized spacial score (nSPS) is 10.0. The van der Waals surface area contributed by atoms with Gasteiger partial charge in [-0.3, -0.25) is 10.1 Å². The number of hydrogen-bond donors (Lipinski definition) is 2. The van der Waals surface area contributed by atoms with E-state index < -0.39 is 0 Å². The average Bonchev–Trinajstić information content (AvgIpc) is 2.28. The van der Waals surface area contributed by atoms with Gasteiger partial charge in [-0.05, 0) is 36.2 Å². The molecule has 3 N–H and O–H groups in total. The minimum Gasteiger partial charge on any atom is -0.376 e. The Kier molecular flexibility index (Phi) is 4.39. The van der Waals surface area contributed by atoms with Gasteiger partial charge in [-0.2, -0.15) is 0 Å². The van der Waals surface area contributed by atoms with E-state index in [0.29, 0.717) is 12.8 Å². The summed E-state index contributed by atoms with van der Waals surface area (Å²) < 4.78 is 0. The zero-order valence-corrected chi connectivity index (χ0v) is 10.6. The number of anilines is 1. The molecule has 0 unspecified atom stereocenters. The number of nitro benzene ring substituents is 1. The number of non-ortho nitro benzene ring substituents is 1. The van der Waals surface area contributed by atoms with Crippen molar-refractivity contribution in [3.8, 4) is 0 Å². The van der Waals surface area contributed by atoms with Gasteiger partial charge < -0.3 is 11.1 Å². The topological polar surface area (TPSA) is 81.2 Å². The van der Waals surface area contributed by atoms with E-state index in [1.54, 1.807) is 12.1 Å². The molecule has 1 rings (SSSR count). The molecule has 0 saturated carbocycles. The van der Waals surface area contributed by atoms with Crippen molar-refractivity contribution in [1.82, 2.24) is 0 Å². The summed E-state index contributed by atoms with van der Waals surface area (Å²) in [5.74, 6) is 0. The molecule has 92 valence electrons. The largest absolute Gasteiger partial charge is 0.376 e. The van der Waals surface area contributed by atoms with E-state index in [1.165, 1.54) is 0 Å². The predicted molar refractivity (Wildman–Crippen MR) is 72.3 cm³/mol. The standard InChI is InChI=1S/C11H15N3O2S/c1-3-7-5-9(14(15)16)6-8(4-2)10(7)13-11(12)17/h5-6H,3-4H2,1-2H3,(H3,12,13,17). The van der Waals surface area contributed by atoms with E-state index in [4.69, 9.17) is 18.0 Å². The van der Waals surface area contributed by atoms with Crippen LogP contribution >= 0.6 is 12.2 Å². The van der Waals surface area contributed by atoms with Crippen LogP contribution in [0, 0.1) is 10.1 Å². The smallest absolute Gasteiger partial charge is 0.270 e. The lowest BCUT2D eigenvalue weighted by molar-refractivity contribution is -0.385. The molecule has 0 heterocycles. The second-order valence-corrected chi connectivity index (χ2v) is 4.03. The first-order valence-electron chi connectivity index (χ1n) is 5.36. The van der Waals surface area contributed by atoms with Gasteiger partial charge in [0.25, 0.3) is 5.69 Å². The van der Waals surface area contributed by atoms with Crippen molar-refractivity contribution >= 4 is 28.7 Å². The highest BCUT2D eigenvalue weighted by Crippen LogP contribution is 2.28. The first-order chi connectivity index (χ1) is 7.99. The van der Waals surface area contributed by atoms with Crippen LogP contribution in [0.4, 0.5) is 11.4 Å². The molecule has 0 radical (unpaired) electrons. The maximum absolute atomic E-state index is 10.8. The summed E-state index contributed by atoms with van der Waals surface area (Å²) in [6, 6.07) is 3.11. The third kappa shape index (κ3) is 3.13. The summed E-state index contributed by atoms with van der Waals surface area (Å²) in [6.45, 7) is 3.87. The van der Waals surface area contributed by atoms with E-state index in [2.05, 4.69) is 5.32 Å². The summed E-state index contributed by atoms with van der Waals surface area (Å²) in [4.78, 5) is 10.4. The summed E-state index contributed by atoms with van der Waals surface area (Å²) >= 11 is 4.81. The molecule has 1 aromatic rings. The van der Waals surface area contributed by atoms with Crippen LogP contribution in [0.15, 0.2) is 12.1 Å². The molecule has 5 nitrogen and oxygen atoms in total. The Labute approximate surface area is 105 Å². The summed E-state index contributed by atoms with van der Waals surface area (Å²) in [5, 5.41) is 13.9. The third-order valence-corrected chi connectivity index (χ3v) is 2.61. The maximum Gasteiger partial charge on any atom is 0.270 e. The molecule has 0 aliphatic carbocycles. The van der Waals surface area contributed by atoms with Crippen molar-refractivity contribution in [2.24, 2.45) is 5.73 Å². The van der Waals surface area contributed by atoms with E-state index in [-0.39, 0.29) is 15.7 Å². The minimum absolute atomic E-state index is 0.104. The third-order valence-electron chi connectivity index (χ3n) is 2.51. The minimum atomic E-state index is -0.386. The number of nitro groups is 1. The molecule has 17 heavy (non-hydrogen) atoms. The van der Waals surface area contributed by atoms with Crippen LogP contribution in [0.1, 0.15) is 25.0 Å². The molecule has 6 heteroatoms. The number of hydrogen-bond acceptors (Lipinski definition) is 3. The molecule has 1 aromatic carbocycles. The molecule has 0 amide bonds. The average molecular weight is 253 g/mol. The van der Waals surface area contributed by atoms with Gasteiger partial charge in [0, 0.05) is 17.8 Å². The van der Waals surface area contributed by atoms with Crippen molar-refractivity contribution in [2.45, 2.75) is 26.7 Å². The first-order valence-corrected chi connectivity index (χ1v) is 5.77. The molecule has 0 spiro atoms. The second kappa shape index (κ2) is 5.58. The van der Waals surface area contributed by atoms with Gasteiger partial charge in [-0.1, -0.05) is 13.8 Å². The van der Waals surface area contributed by atoms with E-state index in [9.17, 15) is 10.1 Å². The Bertz CT molecular complexity index is 435. The maximum atomic E-state index is 10.8. The van der Waals surface area contributed by atoms with Gasteiger partial charge >= 0.3 is 0 Å². The Morgan fingerprint density at radius 1 is 1.41 bits per heavy atom. The molecular formula is C11H15N3O2S. The van der Waals surface area contributed by atoms with Gasteiger partial charge in [0.15, 0.2) is 5.11 Å². The highest BCUT2D eigenvalue weighted by atomic mass is 32.1. The monoisotopic (exact) mass is 253 g/mol. The van der Waals surface area contributed by atoms with Crippen LogP contribution in [0.3, 0.4) is 0 Å². The van der Waals surface area contributed by atoms with Crippen molar-refractivity contribution < 1.29 is 4.92 Å². The number of rotatable bonds is 4. The molecule has 0 atom stereocenters. The lowest BCUT2D eigenvalue weighted by Gasteiger charge is -2.14. The number of benzene rings is 1. The zero-order valence-electron chi connectivity index (χ0n) is 9.82. The molecule has 0 saturated heterocycles. The number of nitrogens with zero attached hydrogens (tertiary/aromatic N) is 1. The van der Waals surface area contributed by atoms with Crippen LogP contribution in [0.25, 0.3) is 0 Å². The number of aryl methyl sites for hydroxylation is 2. The fourth-order valence-corrected chi connectivity index (χ4v) is 1.80. The molecule has 0 fully saturated rings. The Balaban J connectivity index is 3.35. The second-order valence-electron chi connectivity index (χ2n) is 3.59. The fraction of sp³-hybridized carbons (Fsp3) is 0.364. The summed E-state index contributed by atoms with van der Waals surface area (Å²) in [7, 11) is 0. The Morgan fingerprint density at radius 2 is 1.88 bits per heavy atom. The van der Waals surface area contributed by atoms with E-state index >= 15 is 0 Å². The molecule has 0 aliphatic heterocycles. The molecule has 0 aromatic heterocycles. The van der Waals surface area contributed by atoms with Gasteiger partial charge in [-0.15, -0.1) is 0 Å². The van der Waals surface area contributed by atoms with Crippen LogP contribution in [0.5, 0.6) is 0 Å². The Morgan fingerprint density at radius 3 is 2.18 bits per heavy atom. The molecule has 0 aliphatic rings. The lowest BCUT2D eigenvalue weighted by Crippen LogP contribution is -2.21. The lowest BCUT2D eigenvalue weighted by atomic mass is 10.0. The summed E-state index contributed by atoms with van der Waals surface area (Å²) in [6.07, 6.45) is 1.36. The first kappa shape index (κ1) is 13.4. The van der Waals surface area contributed by atoms with Crippen LogP contribution < -0.4 is 11.1 Å². The van der Waals surface area contributed by atoms with Gasteiger partial charge in [0.05, 0.1) is 4.92 Å². The van der Waals surface area contributed by atoms with Gasteiger partial charge in [-0.25, -0.2) is 0 Å². The number of nitrogens with two attached hydrogens (primary N) is 1. The SMILES string of the molecule is CCc1cc([N+](=O)[O-])cc(CC)c1NC(N)=S. The van der Waals surface area contributed by atoms with Gasteiger partial charge in [0.1, 0.15) is 0 Å². The van der Waals surface area contributed by atoms with E-state index in [0.717, 1.165) is 16.8 Å². The van der Waals surface area contributed by atoms with Crippen molar-refractivity contribution in [3.05, 3.63) is 33.4 Å². The van der Waals surface area contributed by atoms with E-state index in [1.807, 2.05) is 13.8 Å².